The highest BCUT2D eigenvalue weighted by molar-refractivity contribution is 5.98. The molecule has 1 heterocycles. The van der Waals surface area contributed by atoms with E-state index in [2.05, 4.69) is 5.43 Å². The van der Waals surface area contributed by atoms with Crippen molar-refractivity contribution in [3.05, 3.63) is 35.4 Å². The molecule has 0 spiro atoms. The number of rotatable bonds is 3. The van der Waals surface area contributed by atoms with Gasteiger partial charge in [-0.2, -0.15) is 0 Å². The number of fused-ring (bicyclic) bond motifs is 1. The van der Waals surface area contributed by atoms with Gasteiger partial charge in [0.1, 0.15) is 0 Å². The minimum atomic E-state index is -0.702. The Balaban J connectivity index is 2.15. The minimum absolute atomic E-state index is 0.0245. The molecule has 1 aromatic rings. The first-order valence-electron chi connectivity index (χ1n) is 5.84. The van der Waals surface area contributed by atoms with Crippen LogP contribution >= 0.6 is 0 Å². The summed E-state index contributed by atoms with van der Waals surface area (Å²) in [5, 5.41) is 0. The fraction of sp³-hybridized carbons (Fsp3) is 0.385. The highest BCUT2D eigenvalue weighted by Crippen LogP contribution is 2.26. The number of hydrogen-bond acceptors (Lipinski definition) is 3. The zero-order valence-corrected chi connectivity index (χ0v) is 10.6. The molecule has 5 nitrogen and oxygen atoms in total. The van der Waals surface area contributed by atoms with Gasteiger partial charge in [-0.3, -0.25) is 15.0 Å². The second-order valence-electron chi connectivity index (χ2n) is 5.18. The highest BCUT2D eigenvalue weighted by atomic mass is 16.2. The van der Waals surface area contributed by atoms with Crippen LogP contribution < -0.4 is 11.3 Å². The Morgan fingerprint density at radius 2 is 2.11 bits per heavy atom. The Bertz CT molecular complexity index is 497. The Morgan fingerprint density at radius 3 is 2.72 bits per heavy atom. The van der Waals surface area contributed by atoms with Crippen molar-refractivity contribution < 1.29 is 9.59 Å². The van der Waals surface area contributed by atoms with Crippen molar-refractivity contribution in [1.29, 1.82) is 0 Å². The summed E-state index contributed by atoms with van der Waals surface area (Å²) in [5.41, 5.74) is 3.17. The summed E-state index contributed by atoms with van der Waals surface area (Å²) in [7, 11) is 0. The van der Waals surface area contributed by atoms with Crippen LogP contribution in [-0.4, -0.2) is 23.3 Å². The lowest BCUT2D eigenvalue weighted by molar-refractivity contribution is -0.130. The first kappa shape index (κ1) is 12.6. The number of amides is 2. The Kier molecular flexibility index (Phi) is 3.09. The smallest absolute Gasteiger partial charge is 0.254 e. The van der Waals surface area contributed by atoms with Crippen molar-refractivity contribution in [2.45, 2.75) is 20.4 Å². The monoisotopic (exact) mass is 247 g/mol. The maximum Gasteiger partial charge on any atom is 0.254 e. The van der Waals surface area contributed by atoms with Gasteiger partial charge in [0.25, 0.3) is 5.91 Å². The largest absolute Gasteiger partial charge is 0.333 e. The van der Waals surface area contributed by atoms with E-state index in [9.17, 15) is 9.59 Å². The molecule has 96 valence electrons. The van der Waals surface area contributed by atoms with E-state index in [-0.39, 0.29) is 11.8 Å². The molecule has 0 saturated heterocycles. The molecule has 0 radical (unpaired) electrons. The van der Waals surface area contributed by atoms with Gasteiger partial charge in [0, 0.05) is 18.7 Å². The van der Waals surface area contributed by atoms with Crippen molar-refractivity contribution in [3.8, 4) is 0 Å². The van der Waals surface area contributed by atoms with Gasteiger partial charge in [-0.25, -0.2) is 5.84 Å². The van der Waals surface area contributed by atoms with E-state index < -0.39 is 5.41 Å². The zero-order chi connectivity index (χ0) is 13.3. The van der Waals surface area contributed by atoms with Crippen LogP contribution in [0.5, 0.6) is 0 Å². The quantitative estimate of drug-likeness (QED) is 0.468. The summed E-state index contributed by atoms with van der Waals surface area (Å²) in [4.78, 5) is 25.5. The van der Waals surface area contributed by atoms with Crippen LogP contribution in [0.2, 0.25) is 0 Å². The molecule has 18 heavy (non-hydrogen) atoms. The van der Waals surface area contributed by atoms with Gasteiger partial charge in [0.15, 0.2) is 0 Å². The van der Waals surface area contributed by atoms with Crippen LogP contribution in [0, 0.1) is 5.41 Å². The maximum absolute atomic E-state index is 12.1. The maximum atomic E-state index is 12.1. The number of hydrazine groups is 1. The molecule has 0 aromatic heterocycles. The van der Waals surface area contributed by atoms with E-state index in [1.54, 1.807) is 18.7 Å². The average molecular weight is 247 g/mol. The standard InChI is InChI=1S/C13H17N3O2/c1-13(2,12(18)15-14)8-16-7-9-5-3-4-6-10(9)11(16)17/h3-6H,7-8,14H2,1-2H3,(H,15,18). The second kappa shape index (κ2) is 4.42. The van der Waals surface area contributed by atoms with Crippen molar-refractivity contribution in [2.24, 2.45) is 11.3 Å². The number of nitrogens with two attached hydrogens (primary N) is 1. The van der Waals surface area contributed by atoms with Crippen LogP contribution in [-0.2, 0) is 11.3 Å². The molecule has 0 fully saturated rings. The molecule has 2 amide bonds. The normalized spacial score (nSPS) is 14.6. The summed E-state index contributed by atoms with van der Waals surface area (Å²) in [6.07, 6.45) is 0. The van der Waals surface area contributed by atoms with Gasteiger partial charge < -0.3 is 4.90 Å². The number of benzene rings is 1. The van der Waals surface area contributed by atoms with Crippen molar-refractivity contribution >= 4 is 11.8 Å². The van der Waals surface area contributed by atoms with Gasteiger partial charge in [-0.15, -0.1) is 0 Å². The van der Waals surface area contributed by atoms with E-state index in [0.717, 1.165) is 11.1 Å². The summed E-state index contributed by atoms with van der Waals surface area (Å²) in [6.45, 7) is 4.44. The fourth-order valence-electron chi connectivity index (χ4n) is 2.19. The Labute approximate surface area is 106 Å². The Morgan fingerprint density at radius 1 is 1.44 bits per heavy atom. The van der Waals surface area contributed by atoms with Crippen LogP contribution in [0.25, 0.3) is 0 Å². The fourth-order valence-corrected chi connectivity index (χ4v) is 2.19. The lowest BCUT2D eigenvalue weighted by Crippen LogP contribution is -2.47. The van der Waals surface area contributed by atoms with Gasteiger partial charge in [-0.05, 0) is 25.5 Å². The number of carbonyl (C=O) groups excluding carboxylic acids is 2. The van der Waals surface area contributed by atoms with Gasteiger partial charge in [0.2, 0.25) is 5.91 Å². The van der Waals surface area contributed by atoms with Crippen LogP contribution in [0.1, 0.15) is 29.8 Å². The zero-order valence-electron chi connectivity index (χ0n) is 10.6. The first-order valence-corrected chi connectivity index (χ1v) is 5.84. The summed E-state index contributed by atoms with van der Waals surface area (Å²) >= 11 is 0. The molecule has 0 saturated carbocycles. The molecular formula is C13H17N3O2. The van der Waals surface area contributed by atoms with Crippen molar-refractivity contribution in [2.75, 3.05) is 6.54 Å². The van der Waals surface area contributed by atoms with E-state index in [0.29, 0.717) is 13.1 Å². The molecule has 0 atom stereocenters. The van der Waals surface area contributed by atoms with Crippen LogP contribution in [0.15, 0.2) is 24.3 Å². The molecule has 0 unspecified atom stereocenters. The van der Waals surface area contributed by atoms with Crippen LogP contribution in [0.3, 0.4) is 0 Å². The topological polar surface area (TPSA) is 75.4 Å². The highest BCUT2D eigenvalue weighted by Gasteiger charge is 2.35. The SMILES string of the molecule is CC(C)(CN1Cc2ccccc2C1=O)C(=O)NN. The second-order valence-corrected chi connectivity index (χ2v) is 5.18. The lowest BCUT2D eigenvalue weighted by Gasteiger charge is -2.28. The molecule has 1 aliphatic rings. The number of nitrogens with zero attached hydrogens (tertiary/aromatic N) is 1. The summed E-state index contributed by atoms with van der Waals surface area (Å²) in [6, 6.07) is 7.50. The molecule has 1 aromatic carbocycles. The number of carbonyl (C=O) groups is 2. The number of hydrogen-bond donors (Lipinski definition) is 2. The molecule has 2 rings (SSSR count). The molecule has 1 aliphatic heterocycles. The third-order valence-electron chi connectivity index (χ3n) is 3.23. The lowest BCUT2D eigenvalue weighted by atomic mass is 9.92. The molecular weight excluding hydrogens is 230 g/mol. The first-order chi connectivity index (χ1) is 8.45. The number of nitrogens with one attached hydrogen (secondary N) is 1. The minimum Gasteiger partial charge on any atom is -0.333 e. The van der Waals surface area contributed by atoms with Crippen molar-refractivity contribution in [3.63, 3.8) is 0 Å². The van der Waals surface area contributed by atoms with Crippen molar-refractivity contribution in [1.82, 2.24) is 10.3 Å². The van der Waals surface area contributed by atoms with E-state index in [1.807, 2.05) is 24.3 Å². The summed E-state index contributed by atoms with van der Waals surface area (Å²) < 4.78 is 0. The predicted molar refractivity (Wildman–Crippen MR) is 67.3 cm³/mol. The molecule has 0 bridgehead atoms. The van der Waals surface area contributed by atoms with E-state index in [4.69, 9.17) is 5.84 Å². The Hall–Kier alpha value is -1.88. The van der Waals surface area contributed by atoms with Gasteiger partial charge in [0.05, 0.1) is 5.41 Å². The van der Waals surface area contributed by atoms with E-state index in [1.165, 1.54) is 0 Å². The summed E-state index contributed by atoms with van der Waals surface area (Å²) in [5.74, 6) is 4.85. The molecule has 5 heteroatoms. The van der Waals surface area contributed by atoms with Gasteiger partial charge in [-0.1, -0.05) is 18.2 Å². The average Bonchev–Trinajstić information content (AvgIpc) is 2.65. The van der Waals surface area contributed by atoms with Crippen LogP contribution in [0.4, 0.5) is 0 Å². The third kappa shape index (κ3) is 2.09. The third-order valence-corrected chi connectivity index (χ3v) is 3.23. The van der Waals surface area contributed by atoms with Gasteiger partial charge >= 0.3 is 0 Å². The molecule has 0 aliphatic carbocycles. The predicted octanol–water partition coefficient (Wildman–Crippen LogP) is 0.659. The van der Waals surface area contributed by atoms with E-state index >= 15 is 0 Å². The molecule has 3 N–H and O–H groups in total.